The van der Waals surface area contributed by atoms with Gasteiger partial charge < -0.3 is 220 Å². The molecule has 9 aliphatic heterocycles. The van der Waals surface area contributed by atoms with Gasteiger partial charge in [-0.05, 0) is 0 Å². The van der Waals surface area contributed by atoms with Gasteiger partial charge in [0.15, 0.2) is 56.6 Å². The Kier molecular flexibility index (Phi) is 37.6. The molecule has 60 heteroatoms. The Morgan fingerprint density at radius 1 is 0.246 bits per heavy atom. The van der Waals surface area contributed by atoms with Crippen LogP contribution in [0.2, 0.25) is 0 Å². The van der Waals surface area contributed by atoms with E-state index in [0.29, 0.717) is 0 Å². The second kappa shape index (κ2) is 45.2. The number of hydrogen-bond donors (Lipinski definition) is 29. The van der Waals surface area contributed by atoms with Crippen LogP contribution in [0.1, 0.15) is 41.5 Å². The Morgan fingerprint density at radius 2 is 0.484 bits per heavy atom. The summed E-state index contributed by atoms with van der Waals surface area (Å²) in [7, 11) is -11.1. The van der Waals surface area contributed by atoms with Gasteiger partial charge in [0.2, 0.25) is 35.4 Å². The Bertz CT molecular complexity index is 3790. The molecule has 0 aromatic carbocycles. The third kappa shape index (κ3) is 24.9. The molecule has 0 bridgehead atoms. The van der Waals surface area contributed by atoms with E-state index in [1.54, 1.807) is 0 Å². The van der Waals surface area contributed by atoms with Crippen molar-refractivity contribution in [2.24, 2.45) is 0 Å². The quantitative estimate of drug-likeness (QED) is 0.0262. The number of amides is 6. The van der Waals surface area contributed by atoms with Gasteiger partial charge in [-0.15, -0.1) is 0 Å². The average Bonchev–Trinajstić information content (AvgIpc) is 0.766. The van der Waals surface area contributed by atoms with Crippen molar-refractivity contribution in [1.82, 2.24) is 31.9 Å². The first-order valence-electron chi connectivity index (χ1n) is 38.9. The van der Waals surface area contributed by atoms with Crippen molar-refractivity contribution in [3.63, 3.8) is 0 Å². The molecule has 9 fully saturated rings. The molecule has 0 saturated carbocycles. The summed E-state index contributed by atoms with van der Waals surface area (Å²) in [6.45, 7) is -5.45. The fourth-order valence-corrected chi connectivity index (χ4v) is 16.8. The summed E-state index contributed by atoms with van der Waals surface area (Å²) in [5.41, 5.74) is 0. The van der Waals surface area contributed by atoms with Crippen molar-refractivity contribution >= 4 is 56.2 Å². The van der Waals surface area contributed by atoms with E-state index in [9.17, 15) is 162 Å². The van der Waals surface area contributed by atoms with Gasteiger partial charge in [0, 0.05) is 41.5 Å². The van der Waals surface area contributed by atoms with Crippen LogP contribution in [0, 0.1) is 0 Å². The maximum absolute atomic E-state index is 13.1. The zero-order valence-corrected chi connectivity index (χ0v) is 68.9. The molecule has 58 nitrogen and oxygen atoms in total. The lowest BCUT2D eigenvalue weighted by atomic mass is 9.93. The predicted octanol–water partition coefficient (Wildman–Crippen LogP) is -20.1. The maximum atomic E-state index is 13.1. The topological polar surface area (TPSA) is 884 Å². The fourth-order valence-electron chi connectivity index (χ4n) is 15.7. The van der Waals surface area contributed by atoms with Crippen molar-refractivity contribution in [3.8, 4) is 0 Å². The number of hydrogen-bond acceptors (Lipinski definition) is 50. The van der Waals surface area contributed by atoms with E-state index in [4.69, 9.17) is 80.5 Å². The van der Waals surface area contributed by atoms with Gasteiger partial charge >= 0.3 is 20.8 Å². The van der Waals surface area contributed by atoms with Crippen LogP contribution in [0.25, 0.3) is 0 Å². The van der Waals surface area contributed by atoms with E-state index in [-0.39, 0.29) is 0 Å². The molecular formula is C66H110N6O52S2. The van der Waals surface area contributed by atoms with E-state index in [2.05, 4.69) is 40.3 Å². The number of nitrogens with one attached hydrogen (secondary N) is 6. The highest BCUT2D eigenvalue weighted by Gasteiger charge is 2.62. The zero-order chi connectivity index (χ0) is 93.5. The van der Waals surface area contributed by atoms with Crippen LogP contribution in [0.4, 0.5) is 0 Å². The molecule has 0 aromatic rings. The molecule has 0 aliphatic carbocycles. The lowest BCUT2D eigenvalue weighted by Gasteiger charge is -2.51. The molecule has 1 unspecified atom stereocenters. The normalized spacial score (nSPS) is 44.9. The zero-order valence-electron chi connectivity index (χ0n) is 67.3. The first-order valence-corrected chi connectivity index (χ1v) is 41.7. The van der Waals surface area contributed by atoms with Crippen molar-refractivity contribution < 1.29 is 251 Å². The number of ether oxygens (including phenoxy) is 17. The van der Waals surface area contributed by atoms with Crippen molar-refractivity contribution in [2.45, 2.75) is 318 Å². The molecule has 45 atom stereocenters. The third-order valence-corrected chi connectivity index (χ3v) is 22.5. The minimum absolute atomic E-state index is 0.818. The standard InChI is InChI=1S/C66H110N6O52S2/c1-16(81)67-31-42(92)49(26(11-77)107-58(31)99)116-59-32(68-17(2)82)45(95)52(29(14-80)112-59)119-64-48(98)55(120-66-57(47(97)38(88)23(8-74)111-66)122-61-34(70-19(4)84)44(94)51(28(13-79)114-61)118-63-36(72-21(6)86)54(124-126(103,104)105)40(90)25(10-76)109-63)41(91)30(115-64)15-106-65-56(46(96)37(87)22(7-73)110-65)121-60-33(69-18(3)83)43(93)50(27(12-78)113-60)117-62-35(71-20(5)85)53(123-125(100,101)102)39(89)24(9-75)108-62/h22-66,73-80,87-99H,7-15H2,1-6H3,(H,67,81)(H,68,82)(H,69,83)(H,70,84)(H,71,85)(H,72,86)(H,100,101,102)(H,103,104,105)/t22-,23-,24-,25-,26-,27-,28-,29-,30-,31-,32-,33-,34-,35-,36-,37-,38-,39+,40+,41-,42-,43-,44-,45-,46+,47+,48+,49-,50-,51-,52-,53-,54-,55+,56+,57+,58?,59+,60+,61+,62+,63+,64+,65+,66-/m1/s1. The van der Waals surface area contributed by atoms with Crippen LogP contribution < -0.4 is 31.9 Å². The first kappa shape index (κ1) is 105. The molecule has 29 N–H and O–H groups in total. The molecule has 728 valence electrons. The van der Waals surface area contributed by atoms with Crippen LogP contribution in [-0.4, -0.2) is 504 Å². The highest BCUT2D eigenvalue weighted by Crippen LogP contribution is 2.41. The summed E-state index contributed by atoms with van der Waals surface area (Å²) in [5, 5.41) is 252. The van der Waals surface area contributed by atoms with E-state index in [1.807, 2.05) is 0 Å². The molecule has 0 spiro atoms. The minimum atomic E-state index is -5.55. The molecule has 9 rings (SSSR count). The van der Waals surface area contributed by atoms with Crippen LogP contribution in [0.5, 0.6) is 0 Å². The Morgan fingerprint density at radius 3 is 0.817 bits per heavy atom. The lowest BCUT2D eigenvalue weighted by molar-refractivity contribution is -0.398. The minimum Gasteiger partial charge on any atom is -0.394 e. The van der Waals surface area contributed by atoms with Gasteiger partial charge in [-0.3, -0.25) is 37.9 Å². The van der Waals surface area contributed by atoms with Gasteiger partial charge in [0.25, 0.3) is 0 Å². The molecule has 9 heterocycles. The third-order valence-electron chi connectivity index (χ3n) is 21.6. The lowest BCUT2D eigenvalue weighted by Crippen LogP contribution is -2.71. The summed E-state index contributed by atoms with van der Waals surface area (Å²) < 4.78 is 179. The number of aliphatic hydroxyl groups is 21. The van der Waals surface area contributed by atoms with Crippen LogP contribution in [-0.2, 0) is 138 Å². The van der Waals surface area contributed by atoms with E-state index >= 15 is 0 Å². The van der Waals surface area contributed by atoms with E-state index in [0.717, 1.165) is 41.5 Å². The summed E-state index contributed by atoms with van der Waals surface area (Å²) in [4.78, 5) is 76.6. The van der Waals surface area contributed by atoms with E-state index < -0.39 is 392 Å². The summed E-state index contributed by atoms with van der Waals surface area (Å²) in [5.74, 6) is -5.89. The van der Waals surface area contributed by atoms with Gasteiger partial charge in [-0.1, -0.05) is 0 Å². The van der Waals surface area contributed by atoms with Gasteiger partial charge in [-0.2, -0.15) is 16.8 Å². The highest BCUT2D eigenvalue weighted by molar-refractivity contribution is 7.81. The fraction of sp³-hybridized carbons (Fsp3) is 0.909. The Labute approximate surface area is 713 Å². The van der Waals surface area contributed by atoms with Crippen molar-refractivity contribution in [3.05, 3.63) is 0 Å². The highest BCUT2D eigenvalue weighted by atomic mass is 32.3. The van der Waals surface area contributed by atoms with E-state index in [1.165, 1.54) is 0 Å². The smallest absolute Gasteiger partial charge is 0.394 e. The molecule has 126 heavy (non-hydrogen) atoms. The predicted molar refractivity (Wildman–Crippen MR) is 387 cm³/mol. The Hall–Kier alpha value is -4.96. The largest absolute Gasteiger partial charge is 0.397 e. The van der Waals surface area contributed by atoms with Crippen molar-refractivity contribution in [2.75, 3.05) is 59.5 Å². The monoisotopic (exact) mass is 1880 g/mol. The summed E-state index contributed by atoms with van der Waals surface area (Å²) in [6, 6.07) is -11.9. The summed E-state index contributed by atoms with van der Waals surface area (Å²) in [6.07, 6.45) is -86.2. The van der Waals surface area contributed by atoms with Gasteiger partial charge in [0.05, 0.1) is 59.5 Å². The number of carbonyl (C=O) groups excluding carboxylic acids is 6. The van der Waals surface area contributed by atoms with Crippen LogP contribution in [0.3, 0.4) is 0 Å². The summed E-state index contributed by atoms with van der Waals surface area (Å²) >= 11 is 0. The number of carbonyl (C=O) groups is 6. The number of rotatable bonds is 35. The van der Waals surface area contributed by atoms with Crippen LogP contribution >= 0.6 is 0 Å². The second-order valence-corrected chi connectivity index (χ2v) is 32.7. The van der Waals surface area contributed by atoms with Gasteiger partial charge in [-0.25, -0.2) is 8.37 Å². The maximum Gasteiger partial charge on any atom is 0.397 e. The first-order chi connectivity index (χ1) is 59.2. The molecule has 0 radical (unpaired) electrons. The molecule has 9 aliphatic rings. The van der Waals surface area contributed by atoms with Gasteiger partial charge in [0.1, 0.15) is 219 Å². The van der Waals surface area contributed by atoms with Crippen LogP contribution in [0.15, 0.2) is 0 Å². The molecular weight excluding hydrogens is 1770 g/mol. The number of aliphatic hydroxyl groups excluding tert-OH is 21. The second-order valence-electron chi connectivity index (χ2n) is 30.6. The molecule has 6 amide bonds. The Balaban J connectivity index is 1.07. The molecule has 9 saturated heterocycles. The van der Waals surface area contributed by atoms with Crippen molar-refractivity contribution in [1.29, 1.82) is 0 Å². The average molecular weight is 1880 g/mol. The molecule has 0 aromatic heterocycles. The SMILES string of the molecule is CC(=O)N[C@H]1[C@H](O[C@H]2[C@H](O)[C@@H](NC(C)=O)C(O)O[C@@H]2CO)O[C@H](CO)[C@@H](O[C@@H]2O[C@H](CO[C@H]3O[C@H](CO)[C@@H](O)[C@H](O)[C@@H]3O[C@@H]3O[C@H](CO)[C@@H](O[C@@H]4O[C@H](CO)[C@H](O)[C@H](OS(=O)(=O)O)[C@H]4NC(C)=O)[C@H](O)[C@H]3NC(C)=O)[C@@H](O)[C@H](O[C@H]3O[C@H](CO)[C@@H](O)[C@H](O)[C@@H]3O[C@@H]3O[C@H](CO)[C@@H](O[C@@H]4O[C@H](CO)[C@H](O)[C@H](OS(=O)(=O)O)[C@H]4NC(C)=O)[C@H](O)[C@H]3NC(C)=O)[C@@H]2O)[C@@H]1O.